The van der Waals surface area contributed by atoms with Crippen LogP contribution in [0.25, 0.3) is 0 Å². The van der Waals surface area contributed by atoms with Gasteiger partial charge in [-0.05, 0) is 43.5 Å². The number of nitrogens with one attached hydrogen (secondary N) is 1. The fraction of sp³-hybridized carbons (Fsp3) is 0.417. The summed E-state index contributed by atoms with van der Waals surface area (Å²) < 4.78 is 19.0. The third-order valence-corrected chi connectivity index (χ3v) is 5.46. The highest BCUT2D eigenvalue weighted by Crippen LogP contribution is 2.19. The van der Waals surface area contributed by atoms with Gasteiger partial charge in [0.1, 0.15) is 0 Å². The average molecular weight is 428 g/mol. The van der Waals surface area contributed by atoms with Gasteiger partial charge in [-0.3, -0.25) is 14.5 Å². The normalized spacial score (nSPS) is 14.7. The molecule has 1 aliphatic rings. The van der Waals surface area contributed by atoms with Crippen molar-refractivity contribution in [3.8, 4) is 5.75 Å². The van der Waals surface area contributed by atoms with Crippen LogP contribution in [0.1, 0.15) is 24.0 Å². The Balaban J connectivity index is 1.43. The first-order valence-electron chi connectivity index (χ1n) is 10.7. The fourth-order valence-electron chi connectivity index (χ4n) is 3.74. The number of hydrogen-bond donors (Lipinski definition) is 1. The van der Waals surface area contributed by atoms with Gasteiger partial charge < -0.3 is 15.0 Å². The molecule has 1 N–H and O–H groups in total. The molecule has 0 saturated carbocycles. The molecule has 2 aromatic rings. The van der Waals surface area contributed by atoms with E-state index in [1.165, 1.54) is 6.07 Å². The first-order chi connectivity index (χ1) is 14.9. The lowest BCUT2D eigenvalue weighted by atomic mass is 10.1. The van der Waals surface area contributed by atoms with E-state index in [1.807, 2.05) is 32.0 Å². The summed E-state index contributed by atoms with van der Waals surface area (Å²) in [4.78, 5) is 28.9. The summed E-state index contributed by atoms with van der Waals surface area (Å²) in [6.07, 6.45) is 0.998. The van der Waals surface area contributed by atoms with Crippen molar-refractivity contribution in [2.75, 3.05) is 44.6 Å². The van der Waals surface area contributed by atoms with Crippen LogP contribution in [-0.2, 0) is 9.59 Å². The molecule has 2 aromatic carbocycles. The molecule has 2 amide bonds. The second kappa shape index (κ2) is 10.9. The zero-order valence-corrected chi connectivity index (χ0v) is 18.2. The van der Waals surface area contributed by atoms with E-state index in [1.54, 1.807) is 23.1 Å². The molecule has 0 unspecified atom stereocenters. The zero-order chi connectivity index (χ0) is 22.2. The molecule has 31 heavy (non-hydrogen) atoms. The number of carbonyl (C=O) groups excluding carboxylic acids is 2. The van der Waals surface area contributed by atoms with Gasteiger partial charge in [-0.15, -0.1) is 0 Å². The van der Waals surface area contributed by atoms with Gasteiger partial charge in [0.15, 0.2) is 11.6 Å². The summed E-state index contributed by atoms with van der Waals surface area (Å²) in [5.41, 5.74) is 2.95. The van der Waals surface area contributed by atoms with E-state index in [0.29, 0.717) is 26.2 Å². The highest BCUT2D eigenvalue weighted by atomic mass is 19.1. The number of para-hydroxylation sites is 2. The maximum absolute atomic E-state index is 13.6. The molecular weight excluding hydrogens is 397 g/mol. The fourth-order valence-corrected chi connectivity index (χ4v) is 3.74. The molecule has 166 valence electrons. The maximum Gasteiger partial charge on any atom is 0.238 e. The highest BCUT2D eigenvalue weighted by Gasteiger charge is 2.21. The first-order valence-corrected chi connectivity index (χ1v) is 10.7. The van der Waals surface area contributed by atoms with E-state index in [-0.39, 0.29) is 30.6 Å². The van der Waals surface area contributed by atoms with Crippen molar-refractivity contribution in [3.05, 3.63) is 59.4 Å². The molecule has 6 nitrogen and oxygen atoms in total. The lowest BCUT2D eigenvalue weighted by Crippen LogP contribution is -2.38. The molecule has 1 heterocycles. The minimum absolute atomic E-state index is 0.0156. The Kier molecular flexibility index (Phi) is 8.00. The largest absolute Gasteiger partial charge is 0.490 e. The predicted octanol–water partition coefficient (Wildman–Crippen LogP) is 3.38. The molecule has 1 fully saturated rings. The molecule has 0 spiro atoms. The van der Waals surface area contributed by atoms with Crippen molar-refractivity contribution in [1.82, 2.24) is 9.80 Å². The molecule has 1 saturated heterocycles. The van der Waals surface area contributed by atoms with Crippen molar-refractivity contribution in [2.24, 2.45) is 0 Å². The van der Waals surface area contributed by atoms with Crippen LogP contribution >= 0.6 is 0 Å². The predicted molar refractivity (Wildman–Crippen MR) is 119 cm³/mol. The summed E-state index contributed by atoms with van der Waals surface area (Å²) in [5, 5.41) is 3.02. The number of carbonyl (C=O) groups is 2. The van der Waals surface area contributed by atoms with Crippen LogP contribution in [0, 0.1) is 19.7 Å². The molecule has 0 bridgehead atoms. The van der Waals surface area contributed by atoms with Crippen molar-refractivity contribution in [3.63, 3.8) is 0 Å². The number of rotatable bonds is 7. The minimum Gasteiger partial charge on any atom is -0.490 e. The second-order valence-electron chi connectivity index (χ2n) is 7.85. The van der Waals surface area contributed by atoms with Gasteiger partial charge in [-0.1, -0.05) is 30.3 Å². The molecule has 0 aromatic heterocycles. The van der Waals surface area contributed by atoms with Crippen molar-refractivity contribution >= 4 is 17.5 Å². The van der Waals surface area contributed by atoms with E-state index < -0.39 is 5.82 Å². The number of benzene rings is 2. The van der Waals surface area contributed by atoms with Gasteiger partial charge in [0.25, 0.3) is 0 Å². The molecule has 0 atom stereocenters. The van der Waals surface area contributed by atoms with Crippen molar-refractivity contribution in [1.29, 1.82) is 0 Å². The molecule has 3 rings (SSSR count). The number of nitrogens with zero attached hydrogens (tertiary/aromatic N) is 2. The van der Waals surface area contributed by atoms with E-state index >= 15 is 0 Å². The minimum atomic E-state index is -0.431. The smallest absolute Gasteiger partial charge is 0.238 e. The number of hydrogen-bond acceptors (Lipinski definition) is 4. The van der Waals surface area contributed by atoms with Gasteiger partial charge in [-0.25, -0.2) is 4.39 Å². The van der Waals surface area contributed by atoms with Crippen LogP contribution in [0.4, 0.5) is 10.1 Å². The number of aryl methyl sites for hydroxylation is 2. The van der Waals surface area contributed by atoms with Gasteiger partial charge in [0.2, 0.25) is 11.8 Å². The molecule has 0 radical (unpaired) electrons. The Bertz CT molecular complexity index is 898. The first kappa shape index (κ1) is 22.7. The average Bonchev–Trinajstić information content (AvgIpc) is 2.98. The van der Waals surface area contributed by atoms with Crippen LogP contribution in [-0.4, -0.2) is 60.9 Å². The summed E-state index contributed by atoms with van der Waals surface area (Å²) in [6.45, 7) is 7.00. The molecule has 1 aliphatic heterocycles. The quantitative estimate of drug-likeness (QED) is 0.736. The summed E-state index contributed by atoms with van der Waals surface area (Å²) in [7, 11) is 0. The number of halogens is 1. The lowest BCUT2D eigenvalue weighted by Gasteiger charge is -2.22. The summed E-state index contributed by atoms with van der Waals surface area (Å²) in [6, 6.07) is 12.1. The Morgan fingerprint density at radius 3 is 2.48 bits per heavy atom. The Morgan fingerprint density at radius 1 is 1.00 bits per heavy atom. The van der Waals surface area contributed by atoms with Crippen molar-refractivity contribution in [2.45, 2.75) is 26.7 Å². The van der Waals surface area contributed by atoms with E-state index in [9.17, 15) is 14.0 Å². The van der Waals surface area contributed by atoms with E-state index in [4.69, 9.17) is 4.74 Å². The van der Waals surface area contributed by atoms with Gasteiger partial charge >= 0.3 is 0 Å². The van der Waals surface area contributed by atoms with Crippen LogP contribution in [0.5, 0.6) is 5.75 Å². The van der Waals surface area contributed by atoms with Gasteiger partial charge in [0.05, 0.1) is 19.6 Å². The third kappa shape index (κ3) is 6.52. The lowest BCUT2D eigenvalue weighted by molar-refractivity contribution is -0.131. The molecule has 0 aliphatic carbocycles. The summed E-state index contributed by atoms with van der Waals surface area (Å²) >= 11 is 0. The van der Waals surface area contributed by atoms with E-state index in [0.717, 1.165) is 29.8 Å². The second-order valence-corrected chi connectivity index (χ2v) is 7.85. The molecule has 7 heteroatoms. The van der Waals surface area contributed by atoms with E-state index in [2.05, 4.69) is 10.2 Å². The monoisotopic (exact) mass is 427 g/mol. The number of anilines is 1. The number of ether oxygens (including phenoxy) is 1. The Hall–Kier alpha value is -2.93. The highest BCUT2D eigenvalue weighted by molar-refractivity contribution is 5.93. The van der Waals surface area contributed by atoms with Gasteiger partial charge in [-0.2, -0.15) is 0 Å². The van der Waals surface area contributed by atoms with Crippen LogP contribution in [0.2, 0.25) is 0 Å². The standard InChI is InChI=1S/C24H30FN3O3/c1-18-7-5-8-19(2)24(18)26-22(29)17-27-12-6-13-28(15-14-27)23(30)11-16-31-21-10-4-3-9-20(21)25/h3-5,7-10H,6,11-17H2,1-2H3,(H,26,29). The molecular formula is C24H30FN3O3. The number of amides is 2. The van der Waals surface area contributed by atoms with Crippen molar-refractivity contribution < 1.29 is 18.7 Å². The van der Waals surface area contributed by atoms with Gasteiger partial charge in [0, 0.05) is 31.9 Å². The summed E-state index contributed by atoms with van der Waals surface area (Å²) in [5.74, 6) is -0.333. The Labute approximate surface area is 183 Å². The van der Waals surface area contributed by atoms with Crippen LogP contribution in [0.15, 0.2) is 42.5 Å². The van der Waals surface area contributed by atoms with Crippen LogP contribution < -0.4 is 10.1 Å². The van der Waals surface area contributed by atoms with Crippen LogP contribution in [0.3, 0.4) is 0 Å². The third-order valence-electron chi connectivity index (χ3n) is 5.46. The SMILES string of the molecule is Cc1cccc(C)c1NC(=O)CN1CCCN(C(=O)CCOc2ccccc2F)CC1. The Morgan fingerprint density at radius 2 is 1.74 bits per heavy atom. The maximum atomic E-state index is 13.6. The zero-order valence-electron chi connectivity index (χ0n) is 18.2. The topological polar surface area (TPSA) is 61.9 Å².